The van der Waals surface area contributed by atoms with E-state index in [1.54, 1.807) is 36.9 Å². The molecule has 9 heteroatoms. The van der Waals surface area contributed by atoms with Gasteiger partial charge in [0.2, 0.25) is 0 Å². The smallest absolute Gasteiger partial charge is 0.255 e. The first-order valence-corrected chi connectivity index (χ1v) is 11.5. The molecule has 0 unspecified atom stereocenters. The predicted octanol–water partition coefficient (Wildman–Crippen LogP) is 3.73. The zero-order valence-electron chi connectivity index (χ0n) is 18.1. The van der Waals surface area contributed by atoms with Crippen LogP contribution in [0.4, 0.5) is 5.82 Å². The van der Waals surface area contributed by atoms with Gasteiger partial charge in [-0.15, -0.1) is 11.3 Å². The van der Waals surface area contributed by atoms with E-state index >= 15 is 0 Å². The van der Waals surface area contributed by atoms with E-state index in [0.29, 0.717) is 23.9 Å². The predicted molar refractivity (Wildman–Crippen MR) is 128 cm³/mol. The largest absolute Gasteiger partial charge is 0.493 e. The Morgan fingerprint density at radius 3 is 2.91 bits per heavy atom. The van der Waals surface area contributed by atoms with Crippen molar-refractivity contribution in [1.29, 1.82) is 0 Å². The van der Waals surface area contributed by atoms with Gasteiger partial charge in [-0.05, 0) is 54.7 Å². The van der Waals surface area contributed by atoms with Crippen molar-refractivity contribution in [2.24, 2.45) is 5.73 Å². The first kappa shape index (κ1) is 21.1. The average Bonchev–Trinajstić information content (AvgIpc) is 3.43. The number of thiophene rings is 1. The van der Waals surface area contributed by atoms with Crippen molar-refractivity contribution in [2.45, 2.75) is 25.8 Å². The number of carbonyl (C=O) groups excluding carboxylic acids is 1. The number of hydrogen-bond donors (Lipinski definition) is 2. The SMILES string of the molecule is COc1cc(CNc2nc(-c3cccnc3)nc3sc4c(c23)CCC4)ccc1OCC(N)=O. The van der Waals surface area contributed by atoms with E-state index in [0.717, 1.165) is 40.0 Å². The maximum Gasteiger partial charge on any atom is 0.255 e. The molecule has 0 saturated heterocycles. The highest BCUT2D eigenvalue weighted by Gasteiger charge is 2.23. The second-order valence-corrected chi connectivity index (χ2v) is 8.85. The van der Waals surface area contributed by atoms with Gasteiger partial charge in [0.25, 0.3) is 5.91 Å². The standard InChI is InChI=1S/C24H23N5O3S/c1-31-18-10-14(7-8-17(18)32-13-20(25)30)11-27-23-21-16-5-2-6-19(16)33-24(21)29-22(28-23)15-4-3-9-26-12-15/h3-4,7-10,12H,2,5-6,11,13H2,1H3,(H2,25,30)(H,27,28,29). The van der Waals surface area contributed by atoms with E-state index in [2.05, 4.69) is 10.3 Å². The number of nitrogens with two attached hydrogens (primary N) is 1. The molecule has 0 aliphatic heterocycles. The van der Waals surface area contributed by atoms with Crippen LogP contribution < -0.4 is 20.5 Å². The monoisotopic (exact) mass is 461 g/mol. The zero-order chi connectivity index (χ0) is 22.8. The second-order valence-electron chi connectivity index (χ2n) is 7.77. The molecule has 0 spiro atoms. The number of hydrogen-bond acceptors (Lipinski definition) is 8. The molecule has 0 atom stereocenters. The van der Waals surface area contributed by atoms with E-state index in [1.165, 1.54) is 16.9 Å². The molecule has 8 nitrogen and oxygen atoms in total. The molecule has 5 rings (SSSR count). The number of nitrogens with one attached hydrogen (secondary N) is 1. The summed E-state index contributed by atoms with van der Waals surface area (Å²) in [5.41, 5.74) is 8.41. The van der Waals surface area contributed by atoms with Gasteiger partial charge in [0.05, 0.1) is 12.5 Å². The van der Waals surface area contributed by atoms with Gasteiger partial charge in [0, 0.05) is 29.4 Å². The number of rotatable bonds is 8. The van der Waals surface area contributed by atoms with Gasteiger partial charge in [-0.2, -0.15) is 0 Å². The van der Waals surface area contributed by atoms with Gasteiger partial charge < -0.3 is 20.5 Å². The molecule has 0 saturated carbocycles. The van der Waals surface area contributed by atoms with E-state index in [4.69, 9.17) is 25.2 Å². The molecule has 0 radical (unpaired) electrons. The Balaban J connectivity index is 1.46. The Hall–Kier alpha value is -3.72. The van der Waals surface area contributed by atoms with Gasteiger partial charge in [-0.1, -0.05) is 6.07 Å². The summed E-state index contributed by atoms with van der Waals surface area (Å²) in [6, 6.07) is 9.43. The number of ether oxygens (including phenoxy) is 2. The summed E-state index contributed by atoms with van der Waals surface area (Å²) in [4.78, 5) is 27.4. The van der Waals surface area contributed by atoms with E-state index in [1.807, 2.05) is 24.3 Å². The van der Waals surface area contributed by atoms with Crippen LogP contribution in [0.5, 0.6) is 11.5 Å². The fourth-order valence-electron chi connectivity index (χ4n) is 4.02. The minimum Gasteiger partial charge on any atom is -0.493 e. The molecule has 3 N–H and O–H groups in total. The van der Waals surface area contributed by atoms with Gasteiger partial charge in [-0.25, -0.2) is 9.97 Å². The molecule has 0 fully saturated rings. The van der Waals surface area contributed by atoms with E-state index in [-0.39, 0.29) is 6.61 Å². The van der Waals surface area contributed by atoms with Crippen molar-refractivity contribution in [2.75, 3.05) is 19.0 Å². The maximum atomic E-state index is 11.0. The summed E-state index contributed by atoms with van der Waals surface area (Å²) >= 11 is 1.76. The quantitative estimate of drug-likeness (QED) is 0.411. The fourth-order valence-corrected chi connectivity index (χ4v) is 5.28. The molecule has 1 aliphatic carbocycles. The molecular formula is C24H23N5O3S. The van der Waals surface area contributed by atoms with Crippen molar-refractivity contribution in [3.05, 3.63) is 58.7 Å². The van der Waals surface area contributed by atoms with Crippen LogP contribution in [0.3, 0.4) is 0 Å². The third-order valence-corrected chi connectivity index (χ3v) is 6.73. The Morgan fingerprint density at radius 1 is 1.21 bits per heavy atom. The summed E-state index contributed by atoms with van der Waals surface area (Å²) in [7, 11) is 1.56. The lowest BCUT2D eigenvalue weighted by atomic mass is 10.1. The number of anilines is 1. The number of carbonyl (C=O) groups is 1. The molecule has 168 valence electrons. The second kappa shape index (κ2) is 9.03. The van der Waals surface area contributed by atoms with Gasteiger partial charge in [-0.3, -0.25) is 9.78 Å². The van der Waals surface area contributed by atoms with Gasteiger partial charge in [0.1, 0.15) is 10.6 Å². The highest BCUT2D eigenvalue weighted by atomic mass is 32.1. The summed E-state index contributed by atoms with van der Waals surface area (Å²) in [5.74, 6) is 1.95. The molecule has 0 bridgehead atoms. The third-order valence-electron chi connectivity index (χ3n) is 5.54. The number of aryl methyl sites for hydroxylation is 2. The Kier molecular flexibility index (Phi) is 5.78. The van der Waals surface area contributed by atoms with Crippen LogP contribution in [-0.2, 0) is 24.2 Å². The molecule has 33 heavy (non-hydrogen) atoms. The average molecular weight is 462 g/mol. The molecule has 4 aromatic rings. The maximum absolute atomic E-state index is 11.0. The summed E-state index contributed by atoms with van der Waals surface area (Å²) < 4.78 is 10.9. The molecule has 1 amide bonds. The highest BCUT2D eigenvalue weighted by Crippen LogP contribution is 2.40. The lowest BCUT2D eigenvalue weighted by Gasteiger charge is -2.13. The molecule has 3 aromatic heterocycles. The lowest BCUT2D eigenvalue weighted by molar-refractivity contribution is -0.119. The number of methoxy groups -OCH3 is 1. The zero-order valence-corrected chi connectivity index (χ0v) is 18.9. The fraction of sp³-hybridized carbons (Fsp3) is 0.250. The Bertz CT molecular complexity index is 1320. The van der Waals surface area contributed by atoms with Crippen LogP contribution in [0.25, 0.3) is 21.6 Å². The molecular weight excluding hydrogens is 438 g/mol. The topological polar surface area (TPSA) is 112 Å². The van der Waals surface area contributed by atoms with E-state index < -0.39 is 5.91 Å². The van der Waals surface area contributed by atoms with Crippen LogP contribution in [0.2, 0.25) is 0 Å². The van der Waals surface area contributed by atoms with Crippen molar-refractivity contribution in [3.63, 3.8) is 0 Å². The Morgan fingerprint density at radius 2 is 2.12 bits per heavy atom. The van der Waals surface area contributed by atoms with E-state index in [9.17, 15) is 4.79 Å². The lowest BCUT2D eigenvalue weighted by Crippen LogP contribution is -2.20. The van der Waals surface area contributed by atoms with Crippen LogP contribution in [0.15, 0.2) is 42.7 Å². The Labute approximate surface area is 194 Å². The molecule has 3 heterocycles. The summed E-state index contributed by atoms with van der Waals surface area (Å²) in [6.07, 6.45) is 6.85. The molecule has 1 aliphatic rings. The molecule has 1 aromatic carbocycles. The summed E-state index contributed by atoms with van der Waals surface area (Å²) in [5, 5.41) is 4.63. The first-order valence-electron chi connectivity index (χ1n) is 10.7. The normalized spacial score (nSPS) is 12.5. The van der Waals surface area contributed by atoms with Crippen LogP contribution >= 0.6 is 11.3 Å². The minimum absolute atomic E-state index is 0.201. The van der Waals surface area contributed by atoms with Crippen molar-refractivity contribution in [1.82, 2.24) is 15.0 Å². The van der Waals surface area contributed by atoms with Crippen LogP contribution in [-0.4, -0.2) is 34.6 Å². The number of aromatic nitrogens is 3. The van der Waals surface area contributed by atoms with Crippen LogP contribution in [0.1, 0.15) is 22.4 Å². The first-order chi connectivity index (χ1) is 16.1. The number of pyridine rings is 1. The number of benzene rings is 1. The summed E-state index contributed by atoms with van der Waals surface area (Å²) in [6.45, 7) is 0.336. The van der Waals surface area contributed by atoms with Crippen molar-refractivity contribution >= 4 is 33.3 Å². The number of primary amides is 1. The van der Waals surface area contributed by atoms with Crippen molar-refractivity contribution < 1.29 is 14.3 Å². The third kappa shape index (κ3) is 4.31. The van der Waals surface area contributed by atoms with Gasteiger partial charge in [0.15, 0.2) is 23.9 Å². The highest BCUT2D eigenvalue weighted by molar-refractivity contribution is 7.19. The van der Waals surface area contributed by atoms with Crippen molar-refractivity contribution in [3.8, 4) is 22.9 Å². The number of amides is 1. The number of nitrogens with zero attached hydrogens (tertiary/aromatic N) is 3. The minimum atomic E-state index is -0.539. The number of fused-ring (bicyclic) bond motifs is 3. The van der Waals surface area contributed by atoms with Crippen LogP contribution in [0, 0.1) is 0 Å². The van der Waals surface area contributed by atoms with Gasteiger partial charge >= 0.3 is 0 Å².